The lowest BCUT2D eigenvalue weighted by Crippen LogP contribution is -2.44. The highest BCUT2D eigenvalue weighted by Crippen LogP contribution is 2.35. The maximum Gasteiger partial charge on any atom is 0.232 e. The largest absolute Gasteiger partial charge is 0.317 e. The van der Waals surface area contributed by atoms with Crippen LogP contribution < -0.4 is 10.6 Å². The molecule has 2 heterocycles. The van der Waals surface area contributed by atoms with Crippen molar-refractivity contribution in [3.8, 4) is 0 Å². The maximum absolute atomic E-state index is 12.7. The minimum Gasteiger partial charge on any atom is -0.317 e. The molecular formula is C15H26N4OS. The predicted octanol–water partition coefficient (Wildman–Crippen LogP) is 2.85. The number of anilines is 1. The summed E-state index contributed by atoms with van der Waals surface area (Å²) in [7, 11) is 0. The van der Waals surface area contributed by atoms with E-state index in [-0.39, 0.29) is 11.3 Å². The molecule has 1 aliphatic heterocycles. The fourth-order valence-electron chi connectivity index (χ4n) is 2.94. The Hall–Kier alpha value is -1.01. The molecule has 1 fully saturated rings. The van der Waals surface area contributed by atoms with Gasteiger partial charge in [-0.15, -0.1) is 10.2 Å². The summed E-state index contributed by atoms with van der Waals surface area (Å²) >= 11 is 1.50. The zero-order chi connectivity index (χ0) is 15.3. The Balaban J connectivity index is 2.02. The smallest absolute Gasteiger partial charge is 0.232 e. The van der Waals surface area contributed by atoms with Crippen LogP contribution in [0.25, 0.3) is 0 Å². The lowest BCUT2D eigenvalue weighted by Gasteiger charge is -2.35. The van der Waals surface area contributed by atoms with Gasteiger partial charge in [-0.2, -0.15) is 0 Å². The van der Waals surface area contributed by atoms with Crippen LogP contribution in [0.2, 0.25) is 0 Å². The van der Waals surface area contributed by atoms with Crippen molar-refractivity contribution in [2.75, 3.05) is 18.4 Å². The minimum atomic E-state index is -0.232. The van der Waals surface area contributed by atoms with E-state index < -0.39 is 0 Å². The van der Waals surface area contributed by atoms with Crippen molar-refractivity contribution in [2.45, 2.75) is 52.9 Å². The van der Waals surface area contributed by atoms with Crippen LogP contribution in [-0.4, -0.2) is 29.2 Å². The average molecular weight is 310 g/mol. The summed E-state index contributed by atoms with van der Waals surface area (Å²) in [6, 6.07) is 0. The number of hydrogen-bond acceptors (Lipinski definition) is 5. The molecule has 2 N–H and O–H groups in total. The molecule has 5 nitrogen and oxygen atoms in total. The second kappa shape index (κ2) is 7.31. The Morgan fingerprint density at radius 2 is 2.10 bits per heavy atom. The molecule has 0 spiro atoms. The molecule has 0 bridgehead atoms. The predicted molar refractivity (Wildman–Crippen MR) is 86.5 cm³/mol. The SMILES string of the molecule is CCCC1(C(=O)Nc2nnc(CC(C)C)s2)CCNCC1. The van der Waals surface area contributed by atoms with E-state index in [1.54, 1.807) is 0 Å². The van der Waals surface area contributed by atoms with E-state index in [0.29, 0.717) is 11.0 Å². The molecule has 6 heteroatoms. The standard InChI is InChI=1S/C15H26N4OS/c1-4-5-15(6-8-16-9-7-15)13(20)17-14-19-18-12(21-14)10-11(2)3/h11,16H,4-10H2,1-3H3,(H,17,19,20). The number of nitrogens with one attached hydrogen (secondary N) is 2. The molecule has 0 aliphatic carbocycles. The van der Waals surface area contributed by atoms with Crippen LogP contribution in [0.4, 0.5) is 5.13 Å². The van der Waals surface area contributed by atoms with Gasteiger partial charge in [0.25, 0.3) is 0 Å². The second-order valence-corrected chi connectivity index (χ2v) is 7.40. The first kappa shape index (κ1) is 16.4. The third-order valence-corrected chi connectivity index (χ3v) is 4.90. The van der Waals surface area contributed by atoms with E-state index >= 15 is 0 Å². The molecule has 0 saturated carbocycles. The Bertz CT molecular complexity index is 460. The van der Waals surface area contributed by atoms with Gasteiger partial charge in [0.05, 0.1) is 5.41 Å². The number of rotatable bonds is 6. The fraction of sp³-hybridized carbons (Fsp3) is 0.800. The summed E-state index contributed by atoms with van der Waals surface area (Å²) in [6.07, 6.45) is 4.70. The number of carbonyl (C=O) groups is 1. The van der Waals surface area contributed by atoms with Gasteiger partial charge >= 0.3 is 0 Å². The van der Waals surface area contributed by atoms with Crippen molar-refractivity contribution in [2.24, 2.45) is 11.3 Å². The normalized spacial score (nSPS) is 17.9. The van der Waals surface area contributed by atoms with Crippen molar-refractivity contribution < 1.29 is 4.79 Å². The molecule has 0 atom stereocenters. The zero-order valence-corrected chi connectivity index (χ0v) is 14.1. The number of piperidine rings is 1. The van der Waals surface area contributed by atoms with Crippen LogP contribution in [0, 0.1) is 11.3 Å². The van der Waals surface area contributed by atoms with Gasteiger partial charge < -0.3 is 10.6 Å². The molecule has 1 aromatic rings. The van der Waals surface area contributed by atoms with Gasteiger partial charge in [0.2, 0.25) is 11.0 Å². The van der Waals surface area contributed by atoms with Gasteiger partial charge in [0.1, 0.15) is 5.01 Å². The van der Waals surface area contributed by atoms with Gasteiger partial charge in [0, 0.05) is 6.42 Å². The van der Waals surface area contributed by atoms with Crippen molar-refractivity contribution in [3.05, 3.63) is 5.01 Å². The summed E-state index contributed by atoms with van der Waals surface area (Å²) in [5, 5.41) is 16.3. The number of amides is 1. The van der Waals surface area contributed by atoms with E-state index in [1.807, 2.05) is 0 Å². The summed E-state index contributed by atoms with van der Waals surface area (Å²) < 4.78 is 0. The molecule has 1 aliphatic rings. The molecular weight excluding hydrogens is 284 g/mol. The Labute approximate surface area is 130 Å². The van der Waals surface area contributed by atoms with Gasteiger partial charge in [-0.05, 0) is 38.3 Å². The Morgan fingerprint density at radius 3 is 2.71 bits per heavy atom. The highest BCUT2D eigenvalue weighted by Gasteiger charge is 2.38. The second-order valence-electron chi connectivity index (χ2n) is 6.33. The molecule has 0 aromatic carbocycles. The average Bonchev–Trinajstić information content (AvgIpc) is 2.86. The molecule has 1 amide bonds. The first-order chi connectivity index (χ1) is 10.1. The van der Waals surface area contributed by atoms with Gasteiger partial charge in [-0.3, -0.25) is 4.79 Å². The minimum absolute atomic E-state index is 0.123. The third kappa shape index (κ3) is 4.23. The number of nitrogens with zero attached hydrogens (tertiary/aromatic N) is 2. The van der Waals surface area contributed by atoms with Gasteiger partial charge in [-0.25, -0.2) is 0 Å². The lowest BCUT2D eigenvalue weighted by atomic mass is 9.74. The molecule has 1 aromatic heterocycles. The van der Waals surface area contributed by atoms with E-state index in [2.05, 4.69) is 41.6 Å². The molecule has 1 saturated heterocycles. The van der Waals surface area contributed by atoms with E-state index in [4.69, 9.17) is 0 Å². The van der Waals surface area contributed by atoms with E-state index in [1.165, 1.54) is 11.3 Å². The van der Waals surface area contributed by atoms with Crippen molar-refractivity contribution in [1.29, 1.82) is 0 Å². The number of hydrogen-bond donors (Lipinski definition) is 2. The zero-order valence-electron chi connectivity index (χ0n) is 13.2. The third-order valence-electron chi connectivity index (χ3n) is 4.04. The molecule has 118 valence electrons. The van der Waals surface area contributed by atoms with E-state index in [9.17, 15) is 4.79 Å². The van der Waals surface area contributed by atoms with Gasteiger partial charge in [-0.1, -0.05) is 38.5 Å². The highest BCUT2D eigenvalue weighted by atomic mass is 32.1. The topological polar surface area (TPSA) is 66.9 Å². The molecule has 0 unspecified atom stereocenters. The Morgan fingerprint density at radius 1 is 1.38 bits per heavy atom. The van der Waals surface area contributed by atoms with Crippen LogP contribution in [0.1, 0.15) is 51.5 Å². The van der Waals surface area contributed by atoms with Crippen LogP contribution in [0.5, 0.6) is 0 Å². The van der Waals surface area contributed by atoms with Gasteiger partial charge in [0.15, 0.2) is 0 Å². The fourth-order valence-corrected chi connectivity index (χ4v) is 3.89. The van der Waals surface area contributed by atoms with Crippen LogP contribution in [-0.2, 0) is 11.2 Å². The molecule has 0 radical (unpaired) electrons. The monoisotopic (exact) mass is 310 g/mol. The summed E-state index contributed by atoms with van der Waals surface area (Å²) in [5.74, 6) is 0.676. The van der Waals surface area contributed by atoms with Crippen molar-refractivity contribution >= 4 is 22.4 Å². The van der Waals surface area contributed by atoms with E-state index in [0.717, 1.165) is 50.2 Å². The van der Waals surface area contributed by atoms with Crippen LogP contribution >= 0.6 is 11.3 Å². The molecule has 21 heavy (non-hydrogen) atoms. The quantitative estimate of drug-likeness (QED) is 0.848. The molecule has 2 rings (SSSR count). The maximum atomic E-state index is 12.7. The number of carbonyl (C=O) groups excluding carboxylic acids is 1. The van der Waals surface area contributed by atoms with Crippen molar-refractivity contribution in [3.63, 3.8) is 0 Å². The summed E-state index contributed by atoms with van der Waals surface area (Å²) in [6.45, 7) is 8.29. The van der Waals surface area contributed by atoms with Crippen LogP contribution in [0.3, 0.4) is 0 Å². The number of aromatic nitrogens is 2. The first-order valence-corrected chi connectivity index (χ1v) is 8.72. The Kier molecular flexibility index (Phi) is 5.70. The highest BCUT2D eigenvalue weighted by molar-refractivity contribution is 7.15. The lowest BCUT2D eigenvalue weighted by molar-refractivity contribution is -0.127. The summed E-state index contributed by atoms with van der Waals surface area (Å²) in [5.41, 5.74) is -0.232. The van der Waals surface area contributed by atoms with Crippen molar-refractivity contribution in [1.82, 2.24) is 15.5 Å². The first-order valence-electron chi connectivity index (χ1n) is 7.90. The summed E-state index contributed by atoms with van der Waals surface area (Å²) in [4.78, 5) is 12.7. The van der Waals surface area contributed by atoms with Crippen LogP contribution in [0.15, 0.2) is 0 Å².